The van der Waals surface area contributed by atoms with Gasteiger partial charge in [0.25, 0.3) is 0 Å². The smallest absolute Gasteiger partial charge is 0.355 e. The van der Waals surface area contributed by atoms with Crippen LogP contribution in [-0.4, -0.2) is 20.1 Å². The Hall–Kier alpha value is -1.89. The second-order valence-corrected chi connectivity index (χ2v) is 6.85. The molecular weight excluding hydrogens is 350 g/mol. The summed E-state index contributed by atoms with van der Waals surface area (Å²) in [6.45, 7) is 7.12. The molecule has 1 aliphatic rings. The van der Waals surface area contributed by atoms with Crippen molar-refractivity contribution in [2.24, 2.45) is 5.41 Å². The molecule has 0 aliphatic carbocycles. The molecule has 3 heterocycles. The molecule has 0 radical (unpaired) electrons. The van der Waals surface area contributed by atoms with Crippen LogP contribution >= 0.6 is 16.3 Å². The highest BCUT2D eigenvalue weighted by atomic mass is 79.9. The Morgan fingerprint density at radius 2 is 2.14 bits per heavy atom. The first-order valence-electron chi connectivity index (χ1n) is 6.92. The maximum absolute atomic E-state index is 12.2. The van der Waals surface area contributed by atoms with E-state index in [1.807, 2.05) is 9.13 Å². The van der Waals surface area contributed by atoms with Crippen molar-refractivity contribution in [3.05, 3.63) is 40.6 Å². The highest BCUT2D eigenvalue weighted by Gasteiger charge is 2.33. The fourth-order valence-electron chi connectivity index (χ4n) is 2.85. The van der Waals surface area contributed by atoms with E-state index in [-0.39, 0.29) is 22.4 Å². The van der Waals surface area contributed by atoms with Crippen LogP contribution < -0.4 is 5.43 Å². The van der Waals surface area contributed by atoms with Crippen LogP contribution in [0.15, 0.2) is 29.6 Å². The molecular formula is C15H16BrN3O3. The normalized spacial score (nSPS) is 16.8. The van der Waals surface area contributed by atoms with Gasteiger partial charge in [-0.15, -0.1) is 0 Å². The van der Waals surface area contributed by atoms with E-state index in [9.17, 15) is 9.59 Å². The van der Waals surface area contributed by atoms with Crippen molar-refractivity contribution in [3.63, 3.8) is 0 Å². The zero-order valence-electron chi connectivity index (χ0n) is 12.5. The number of halogens is 1. The minimum atomic E-state index is -0.688. The molecule has 2 aromatic heterocycles. The number of pyridine rings is 1. The molecule has 116 valence electrons. The first-order chi connectivity index (χ1) is 10.3. The van der Waals surface area contributed by atoms with E-state index in [0.717, 1.165) is 17.9 Å². The van der Waals surface area contributed by atoms with Gasteiger partial charge in [0.15, 0.2) is 21.7 Å². The summed E-state index contributed by atoms with van der Waals surface area (Å²) in [6.07, 6.45) is 5.09. The topological polar surface area (TPSA) is 66.1 Å². The Balaban J connectivity index is 2.28. The van der Waals surface area contributed by atoms with Gasteiger partial charge in [0, 0.05) is 18.8 Å². The largest absolute Gasteiger partial charge is 0.380 e. The van der Waals surface area contributed by atoms with E-state index in [4.69, 9.17) is 0 Å². The Bertz CT molecular complexity index is 801. The van der Waals surface area contributed by atoms with Gasteiger partial charge in [0.2, 0.25) is 0 Å². The fraction of sp³-hybridized carbons (Fsp3) is 0.400. The monoisotopic (exact) mass is 365 g/mol. The van der Waals surface area contributed by atoms with Crippen LogP contribution in [0.3, 0.4) is 0 Å². The summed E-state index contributed by atoms with van der Waals surface area (Å²) in [7, 11) is 0. The van der Waals surface area contributed by atoms with Crippen LogP contribution in [0.2, 0.25) is 0 Å². The Labute approximate surface area is 136 Å². The number of nitrogens with zero attached hydrogens (tertiary/aromatic N) is 3. The first kappa shape index (κ1) is 15.0. The maximum atomic E-state index is 12.2. The van der Waals surface area contributed by atoms with Crippen molar-refractivity contribution in [3.8, 4) is 11.4 Å². The molecule has 0 spiro atoms. The molecule has 1 atom stereocenters. The number of carbonyl (C=O) groups excluding carboxylic acids is 1. The summed E-state index contributed by atoms with van der Waals surface area (Å²) >= 11 is 2.64. The molecule has 0 amide bonds. The third-order valence-electron chi connectivity index (χ3n) is 4.05. The summed E-state index contributed by atoms with van der Waals surface area (Å²) in [5.41, 5.74) is 1.23. The molecule has 1 aliphatic heterocycles. The molecule has 2 aromatic rings. The van der Waals surface area contributed by atoms with Gasteiger partial charge < -0.3 is 13.0 Å². The van der Waals surface area contributed by atoms with E-state index in [2.05, 4.69) is 45.8 Å². The highest BCUT2D eigenvalue weighted by molar-refractivity contribution is 9.06. The van der Waals surface area contributed by atoms with Gasteiger partial charge in [0.1, 0.15) is 5.56 Å². The van der Waals surface area contributed by atoms with Gasteiger partial charge >= 0.3 is 5.97 Å². The molecule has 0 aromatic carbocycles. The van der Waals surface area contributed by atoms with Crippen LogP contribution in [0.4, 0.5) is 0 Å². The number of rotatable bonds is 1. The van der Waals surface area contributed by atoms with E-state index in [1.165, 1.54) is 6.07 Å². The van der Waals surface area contributed by atoms with Gasteiger partial charge in [0.05, 0.1) is 30.0 Å². The van der Waals surface area contributed by atoms with Gasteiger partial charge in [-0.3, -0.25) is 4.79 Å². The first-order valence-corrected chi connectivity index (χ1v) is 7.57. The molecule has 7 heteroatoms. The third-order valence-corrected chi connectivity index (χ3v) is 4.34. The quantitative estimate of drug-likeness (QED) is 0.779. The molecule has 0 saturated carbocycles. The number of hydrogen-bond acceptors (Lipinski definition) is 4. The van der Waals surface area contributed by atoms with E-state index in [0.29, 0.717) is 0 Å². The van der Waals surface area contributed by atoms with Crippen LogP contribution in [-0.2, 0) is 10.4 Å². The van der Waals surface area contributed by atoms with Crippen molar-refractivity contribution in [1.82, 2.24) is 14.1 Å². The van der Waals surface area contributed by atoms with Crippen LogP contribution in [0.1, 0.15) is 37.2 Å². The van der Waals surface area contributed by atoms with Crippen molar-refractivity contribution >= 4 is 22.2 Å². The highest BCUT2D eigenvalue weighted by Crippen LogP contribution is 2.39. The summed E-state index contributed by atoms with van der Waals surface area (Å²) in [4.78, 5) is 28.2. The minimum Gasteiger partial charge on any atom is -0.380 e. The third kappa shape index (κ3) is 2.29. The van der Waals surface area contributed by atoms with Crippen molar-refractivity contribution in [2.75, 3.05) is 0 Å². The van der Waals surface area contributed by atoms with E-state index >= 15 is 0 Å². The Morgan fingerprint density at radius 3 is 2.77 bits per heavy atom. The zero-order valence-corrected chi connectivity index (χ0v) is 14.1. The molecule has 0 saturated heterocycles. The molecule has 0 unspecified atom stereocenters. The van der Waals surface area contributed by atoms with Gasteiger partial charge in [-0.05, 0) is 5.41 Å². The molecule has 0 N–H and O–H groups in total. The maximum Gasteiger partial charge on any atom is 0.355 e. The minimum absolute atomic E-state index is 0.0165. The number of hydrogen-bond donors (Lipinski definition) is 0. The Morgan fingerprint density at radius 1 is 1.41 bits per heavy atom. The summed E-state index contributed by atoms with van der Waals surface area (Å²) in [5, 5.41) is 0. The average Bonchev–Trinajstić information content (AvgIpc) is 2.92. The summed E-state index contributed by atoms with van der Waals surface area (Å²) in [6, 6.07) is 1.57. The SMILES string of the molecule is CC(C)(C)[C@@H]1Cn2cncc2-c2cc(=O)c(C(=O)OBr)cn21. The lowest BCUT2D eigenvalue weighted by molar-refractivity contribution is 0.0778. The predicted molar refractivity (Wildman–Crippen MR) is 84.8 cm³/mol. The summed E-state index contributed by atoms with van der Waals surface area (Å²) < 4.78 is 8.54. The van der Waals surface area contributed by atoms with Gasteiger partial charge in [-0.25, -0.2) is 9.78 Å². The number of fused-ring (bicyclic) bond motifs is 3. The molecule has 3 rings (SSSR count). The molecule has 0 fully saturated rings. The molecule has 0 bridgehead atoms. The fourth-order valence-corrected chi connectivity index (χ4v) is 3.03. The standard InChI is InChI=1S/C15H16BrN3O3/c1-15(2,3)13-7-18-8-17-5-11(18)10-4-12(20)9(6-19(10)13)14(21)22-16/h4-6,8,13H,7H2,1-3H3/t13-/m0/s1. The lowest BCUT2D eigenvalue weighted by Gasteiger charge is -2.38. The lowest BCUT2D eigenvalue weighted by atomic mass is 9.85. The molecule has 6 nitrogen and oxygen atoms in total. The van der Waals surface area contributed by atoms with E-state index < -0.39 is 5.97 Å². The number of aromatic nitrogens is 3. The van der Waals surface area contributed by atoms with Crippen molar-refractivity contribution < 1.29 is 8.62 Å². The van der Waals surface area contributed by atoms with Crippen LogP contribution in [0, 0.1) is 5.41 Å². The van der Waals surface area contributed by atoms with Crippen molar-refractivity contribution in [2.45, 2.75) is 33.4 Å². The van der Waals surface area contributed by atoms with Gasteiger partial charge in [-0.2, -0.15) is 0 Å². The zero-order chi connectivity index (χ0) is 16.1. The van der Waals surface area contributed by atoms with Gasteiger partial charge in [-0.1, -0.05) is 20.8 Å². The van der Waals surface area contributed by atoms with Crippen LogP contribution in [0.5, 0.6) is 0 Å². The van der Waals surface area contributed by atoms with E-state index in [1.54, 1.807) is 18.7 Å². The number of imidazole rings is 1. The van der Waals surface area contributed by atoms with Crippen molar-refractivity contribution in [1.29, 1.82) is 0 Å². The second kappa shape index (κ2) is 5.08. The van der Waals surface area contributed by atoms with Crippen LogP contribution in [0.25, 0.3) is 11.4 Å². The second-order valence-electron chi connectivity index (χ2n) is 6.52. The number of carbonyl (C=O) groups is 1. The molecule has 22 heavy (non-hydrogen) atoms. The Kier molecular flexibility index (Phi) is 3.47. The predicted octanol–water partition coefficient (Wildman–Crippen LogP) is 2.78. The lowest BCUT2D eigenvalue weighted by Crippen LogP contribution is -2.34. The summed E-state index contributed by atoms with van der Waals surface area (Å²) in [5.74, 6) is -0.688. The average molecular weight is 366 g/mol.